The van der Waals surface area contributed by atoms with Crippen molar-refractivity contribution in [2.45, 2.75) is 38.1 Å². The van der Waals surface area contributed by atoms with Crippen molar-refractivity contribution in [1.82, 2.24) is 15.1 Å². The zero-order valence-electron chi connectivity index (χ0n) is 10.5. The Balaban J connectivity index is 2.57. The second-order valence-electron chi connectivity index (χ2n) is 4.66. The first-order valence-corrected chi connectivity index (χ1v) is 6.32. The maximum atomic E-state index is 12.3. The highest BCUT2D eigenvalue weighted by Gasteiger charge is 2.43. The number of aromatic nitrogens is 2. The summed E-state index contributed by atoms with van der Waals surface area (Å²) in [4.78, 5) is 12.3. The fourth-order valence-corrected chi connectivity index (χ4v) is 3.13. The van der Waals surface area contributed by atoms with Gasteiger partial charge in [0.1, 0.15) is 10.7 Å². The van der Waals surface area contributed by atoms with E-state index in [1.165, 1.54) is 0 Å². The number of likely N-dealkylation sites (N-methyl/N-ethyl adjacent to an activating group) is 1. The Morgan fingerprint density at radius 2 is 2.18 bits per heavy atom. The number of carbonyl (C=O) groups is 1. The van der Waals surface area contributed by atoms with Gasteiger partial charge < -0.3 is 5.32 Å². The highest BCUT2D eigenvalue weighted by molar-refractivity contribution is 6.31. The standard InChI is InChI=1S/C12H18ClN3O/c1-8-10(11(13)16(3)15-8)12(14-2)7-5-4-6-9(12)17/h14H,4-7H2,1-3H3. The summed E-state index contributed by atoms with van der Waals surface area (Å²) in [7, 11) is 3.63. The summed E-state index contributed by atoms with van der Waals surface area (Å²) in [6.07, 6.45) is 3.43. The van der Waals surface area contributed by atoms with Gasteiger partial charge in [0.15, 0.2) is 5.78 Å². The molecule has 0 radical (unpaired) electrons. The molecule has 1 aliphatic carbocycles. The summed E-state index contributed by atoms with van der Waals surface area (Å²) < 4.78 is 1.63. The molecule has 0 spiro atoms. The van der Waals surface area contributed by atoms with E-state index in [0.717, 1.165) is 30.5 Å². The lowest BCUT2D eigenvalue weighted by Crippen LogP contribution is -2.49. The fourth-order valence-electron chi connectivity index (χ4n) is 2.80. The molecule has 17 heavy (non-hydrogen) atoms. The molecule has 1 unspecified atom stereocenters. The zero-order valence-corrected chi connectivity index (χ0v) is 11.3. The van der Waals surface area contributed by atoms with E-state index < -0.39 is 5.54 Å². The number of halogens is 1. The van der Waals surface area contributed by atoms with E-state index in [4.69, 9.17) is 11.6 Å². The van der Waals surface area contributed by atoms with E-state index in [0.29, 0.717) is 11.6 Å². The molecule has 1 N–H and O–H groups in total. The molecule has 1 aromatic heterocycles. The van der Waals surface area contributed by atoms with Crippen LogP contribution in [0.1, 0.15) is 36.9 Å². The third kappa shape index (κ3) is 1.79. The molecular formula is C12H18ClN3O. The van der Waals surface area contributed by atoms with Crippen LogP contribution in [0.15, 0.2) is 0 Å². The van der Waals surface area contributed by atoms with Crippen LogP contribution in [-0.2, 0) is 17.4 Å². The van der Waals surface area contributed by atoms with Gasteiger partial charge in [0, 0.05) is 19.0 Å². The van der Waals surface area contributed by atoms with Crippen molar-refractivity contribution in [3.05, 3.63) is 16.4 Å². The van der Waals surface area contributed by atoms with E-state index in [-0.39, 0.29) is 5.78 Å². The molecular weight excluding hydrogens is 238 g/mol. The predicted octanol–water partition coefficient (Wildman–Crippen LogP) is 1.94. The van der Waals surface area contributed by atoms with E-state index in [9.17, 15) is 4.79 Å². The van der Waals surface area contributed by atoms with Crippen molar-refractivity contribution in [2.75, 3.05) is 7.05 Å². The zero-order chi connectivity index (χ0) is 12.6. The quantitative estimate of drug-likeness (QED) is 0.879. The molecule has 0 amide bonds. The number of aryl methyl sites for hydroxylation is 2. The Bertz CT molecular complexity index is 455. The van der Waals surface area contributed by atoms with E-state index >= 15 is 0 Å². The van der Waals surface area contributed by atoms with Crippen LogP contribution in [0.4, 0.5) is 0 Å². The van der Waals surface area contributed by atoms with Crippen LogP contribution < -0.4 is 5.32 Å². The number of nitrogens with one attached hydrogen (secondary N) is 1. The summed E-state index contributed by atoms with van der Waals surface area (Å²) in [5, 5.41) is 8.06. The minimum atomic E-state index is -0.631. The normalized spacial score (nSPS) is 25.3. The van der Waals surface area contributed by atoms with Crippen LogP contribution in [0.3, 0.4) is 0 Å². The van der Waals surface area contributed by atoms with Crippen LogP contribution in [0.5, 0.6) is 0 Å². The number of hydrogen-bond acceptors (Lipinski definition) is 3. The molecule has 0 saturated heterocycles. The summed E-state index contributed by atoms with van der Waals surface area (Å²) in [6.45, 7) is 1.90. The minimum absolute atomic E-state index is 0.226. The smallest absolute Gasteiger partial charge is 0.157 e. The first-order valence-electron chi connectivity index (χ1n) is 5.94. The molecule has 1 aromatic rings. The molecule has 1 atom stereocenters. The molecule has 5 heteroatoms. The number of hydrogen-bond donors (Lipinski definition) is 1. The third-order valence-electron chi connectivity index (χ3n) is 3.69. The van der Waals surface area contributed by atoms with Crippen LogP contribution in [-0.4, -0.2) is 22.6 Å². The first kappa shape index (κ1) is 12.6. The van der Waals surface area contributed by atoms with E-state index in [2.05, 4.69) is 10.4 Å². The topological polar surface area (TPSA) is 46.9 Å². The van der Waals surface area contributed by atoms with Gasteiger partial charge in [-0.05, 0) is 26.8 Å². The van der Waals surface area contributed by atoms with Crippen molar-refractivity contribution in [2.24, 2.45) is 7.05 Å². The molecule has 0 aliphatic heterocycles. The summed E-state index contributed by atoms with van der Waals surface area (Å²) in [5.41, 5.74) is 1.06. The molecule has 94 valence electrons. The Labute approximate surface area is 106 Å². The molecule has 2 rings (SSSR count). The maximum Gasteiger partial charge on any atom is 0.157 e. The second-order valence-corrected chi connectivity index (χ2v) is 5.02. The highest BCUT2D eigenvalue weighted by atomic mass is 35.5. The Morgan fingerprint density at radius 1 is 1.47 bits per heavy atom. The molecule has 1 saturated carbocycles. The molecule has 0 aromatic carbocycles. The number of Topliss-reactive ketones (excluding diaryl/α,β-unsaturated/α-hetero) is 1. The number of nitrogens with zero attached hydrogens (tertiary/aromatic N) is 2. The molecule has 4 nitrogen and oxygen atoms in total. The summed E-state index contributed by atoms with van der Waals surface area (Å²) in [6, 6.07) is 0. The van der Waals surface area contributed by atoms with Crippen molar-refractivity contribution in [3.63, 3.8) is 0 Å². The highest BCUT2D eigenvalue weighted by Crippen LogP contribution is 2.39. The van der Waals surface area contributed by atoms with Gasteiger partial charge in [-0.3, -0.25) is 9.48 Å². The van der Waals surface area contributed by atoms with Crippen molar-refractivity contribution >= 4 is 17.4 Å². The lowest BCUT2D eigenvalue weighted by atomic mass is 9.76. The summed E-state index contributed by atoms with van der Waals surface area (Å²) >= 11 is 6.29. The van der Waals surface area contributed by atoms with E-state index in [1.807, 2.05) is 14.0 Å². The van der Waals surface area contributed by atoms with Gasteiger partial charge in [0.05, 0.1) is 5.69 Å². The van der Waals surface area contributed by atoms with Gasteiger partial charge in [-0.25, -0.2) is 0 Å². The van der Waals surface area contributed by atoms with Crippen LogP contribution in [0, 0.1) is 6.92 Å². The van der Waals surface area contributed by atoms with Crippen LogP contribution in [0.2, 0.25) is 5.15 Å². The minimum Gasteiger partial charge on any atom is -0.304 e. The lowest BCUT2D eigenvalue weighted by molar-refractivity contribution is -0.127. The van der Waals surface area contributed by atoms with Gasteiger partial charge in [-0.2, -0.15) is 5.10 Å². The van der Waals surface area contributed by atoms with Gasteiger partial charge in [-0.1, -0.05) is 18.0 Å². The Kier molecular flexibility index (Phi) is 3.27. The molecule has 1 fully saturated rings. The lowest BCUT2D eigenvalue weighted by Gasteiger charge is -2.35. The number of ketones is 1. The fraction of sp³-hybridized carbons (Fsp3) is 0.667. The third-order valence-corrected chi connectivity index (χ3v) is 4.12. The number of rotatable bonds is 2. The maximum absolute atomic E-state index is 12.3. The average Bonchev–Trinajstić information content (AvgIpc) is 2.55. The average molecular weight is 256 g/mol. The number of carbonyl (C=O) groups excluding carboxylic acids is 1. The molecule has 1 heterocycles. The van der Waals surface area contributed by atoms with E-state index in [1.54, 1.807) is 11.7 Å². The largest absolute Gasteiger partial charge is 0.304 e. The van der Waals surface area contributed by atoms with Gasteiger partial charge >= 0.3 is 0 Å². The molecule has 1 aliphatic rings. The van der Waals surface area contributed by atoms with Crippen molar-refractivity contribution in [1.29, 1.82) is 0 Å². The Morgan fingerprint density at radius 3 is 2.65 bits per heavy atom. The van der Waals surface area contributed by atoms with Crippen molar-refractivity contribution in [3.8, 4) is 0 Å². The SMILES string of the molecule is CNC1(c2c(C)nn(C)c2Cl)CCCCC1=O. The predicted molar refractivity (Wildman–Crippen MR) is 67.2 cm³/mol. The first-order chi connectivity index (χ1) is 8.03. The Hall–Kier alpha value is -0.870. The second kappa shape index (κ2) is 4.42. The van der Waals surface area contributed by atoms with Gasteiger partial charge in [0.2, 0.25) is 0 Å². The van der Waals surface area contributed by atoms with Crippen LogP contribution >= 0.6 is 11.6 Å². The molecule has 0 bridgehead atoms. The summed E-state index contributed by atoms with van der Waals surface area (Å²) in [5.74, 6) is 0.226. The van der Waals surface area contributed by atoms with Gasteiger partial charge in [0.25, 0.3) is 0 Å². The van der Waals surface area contributed by atoms with Crippen molar-refractivity contribution < 1.29 is 4.79 Å². The monoisotopic (exact) mass is 255 g/mol. The van der Waals surface area contributed by atoms with Crippen LogP contribution in [0.25, 0.3) is 0 Å². The van der Waals surface area contributed by atoms with Gasteiger partial charge in [-0.15, -0.1) is 0 Å².